The molecule has 8 aromatic heterocycles. The molecule has 0 amide bonds. The molecule has 20 aromatic carbocycles. The van der Waals surface area contributed by atoms with Crippen LogP contribution in [0.3, 0.4) is 0 Å². The number of rotatable bonds is 0. The van der Waals surface area contributed by atoms with Crippen LogP contribution in [0.4, 0.5) is 0 Å². The number of fused-ring (bicyclic) bond motifs is 44. The molecular formula is C104H56N8O2S2. The standard InChI is InChI=1S/2C26H14N2O.2C26H14N2S/c1-2-6-16-15(5-1)9-10-18-24(16)20-14-23-19(17-7-3-4-8-22(17)29-23)13-21(20)26-25(18)27-11-12-28-26;1-2-6-16-15(5-1)9-10-18-24(16)20-13-19-17-7-3-4-8-22(17)29-23(19)14-21(20)26-25(18)27-11-12-28-26;1-2-6-16-15(5-1)9-10-18-24(16)20-14-23-19(17-7-3-4-8-22(17)29-23)13-21(20)26-25(18)27-11-12-28-26;1-2-6-16-15(5-1)9-10-18-24(16)20-13-19-17-7-3-4-8-22(17)29-23(19)14-21(20)26-25(18)27-11-12-28-26/h4*1-14H. The summed E-state index contributed by atoms with van der Waals surface area (Å²) < 4.78 is 17.6. The van der Waals surface area contributed by atoms with Crippen LogP contribution >= 0.6 is 22.7 Å². The average Bonchev–Trinajstić information content (AvgIpc) is 0.872. The van der Waals surface area contributed by atoms with E-state index in [0.29, 0.717) is 0 Å². The van der Waals surface area contributed by atoms with Crippen molar-refractivity contribution in [3.8, 4) is 0 Å². The van der Waals surface area contributed by atoms with Crippen LogP contribution in [-0.4, -0.2) is 39.9 Å². The van der Waals surface area contributed by atoms with Crippen molar-refractivity contribution in [2.45, 2.75) is 0 Å². The fraction of sp³-hybridized carbons (Fsp3) is 0. The van der Waals surface area contributed by atoms with Gasteiger partial charge in [-0.2, -0.15) is 0 Å². The maximum atomic E-state index is 6.20. The Morgan fingerprint density at radius 3 is 0.784 bits per heavy atom. The first-order valence-electron chi connectivity index (χ1n) is 38.7. The number of hydrogen-bond donors (Lipinski definition) is 0. The SMILES string of the molecule is c1ccc2c(c1)ccc1c3nccnc3c3cc4c(cc3c21)oc1ccccc14.c1ccc2c(c1)ccc1c3nccnc3c3cc4c(cc3c21)sc1ccccc14.c1ccc2c(c1)ccc1c3nccnc3c3cc4oc5ccccc5c4cc3c21.c1ccc2c(c1)ccc1c3nccnc3c3cc4sc5ccccc5c4cc3c21. The largest absolute Gasteiger partial charge is 0.456 e. The molecule has 0 atom stereocenters. The van der Waals surface area contributed by atoms with Gasteiger partial charge < -0.3 is 8.83 Å². The van der Waals surface area contributed by atoms with Crippen LogP contribution in [0.25, 0.3) is 258 Å². The number of benzene rings is 20. The molecule has 0 aliphatic heterocycles. The monoisotopic (exact) mass is 1510 g/mol. The summed E-state index contributed by atoms with van der Waals surface area (Å²) in [6, 6.07) is 104. The van der Waals surface area contributed by atoms with Crippen LogP contribution in [0.2, 0.25) is 0 Å². The smallest absolute Gasteiger partial charge is 0.136 e. The van der Waals surface area contributed by atoms with Crippen LogP contribution in [-0.2, 0) is 0 Å². The second-order valence-corrected chi connectivity index (χ2v) is 32.0. The first kappa shape index (κ1) is 64.6. The number of furan rings is 2. The van der Waals surface area contributed by atoms with E-state index < -0.39 is 0 Å². The number of thiophene rings is 2. The van der Waals surface area contributed by atoms with Gasteiger partial charge in [0, 0.05) is 155 Å². The highest BCUT2D eigenvalue weighted by Crippen LogP contribution is 2.48. The van der Waals surface area contributed by atoms with Crippen LogP contribution in [0.5, 0.6) is 0 Å². The van der Waals surface area contributed by atoms with Crippen molar-refractivity contribution in [3.05, 3.63) is 341 Å². The van der Waals surface area contributed by atoms with Gasteiger partial charge in [0.2, 0.25) is 0 Å². The van der Waals surface area contributed by atoms with E-state index in [2.05, 4.69) is 261 Å². The Kier molecular flexibility index (Phi) is 14.0. The lowest BCUT2D eigenvalue weighted by Gasteiger charge is -2.12. The predicted molar refractivity (Wildman–Crippen MR) is 489 cm³/mol. The van der Waals surface area contributed by atoms with Crippen molar-refractivity contribution in [3.63, 3.8) is 0 Å². The van der Waals surface area contributed by atoms with E-state index in [1.165, 1.54) is 137 Å². The first-order valence-corrected chi connectivity index (χ1v) is 40.3. The molecule has 12 heteroatoms. The second kappa shape index (κ2) is 25.2. The second-order valence-electron chi connectivity index (χ2n) is 29.8. The highest BCUT2D eigenvalue weighted by Gasteiger charge is 2.22. The van der Waals surface area contributed by atoms with Gasteiger partial charge in [-0.1, -0.05) is 218 Å². The van der Waals surface area contributed by atoms with Gasteiger partial charge >= 0.3 is 0 Å². The molecule has 0 aliphatic carbocycles. The van der Waals surface area contributed by atoms with E-state index in [-0.39, 0.29) is 0 Å². The molecule has 0 N–H and O–H groups in total. The summed E-state index contributed by atoms with van der Waals surface area (Å²) >= 11 is 3.71. The summed E-state index contributed by atoms with van der Waals surface area (Å²) in [6.07, 6.45) is 14.2. The van der Waals surface area contributed by atoms with Gasteiger partial charge in [0.1, 0.15) is 22.3 Å². The highest BCUT2D eigenvalue weighted by molar-refractivity contribution is 7.26. The molecule has 0 unspecified atom stereocenters. The van der Waals surface area contributed by atoms with Crippen molar-refractivity contribution in [2.24, 2.45) is 0 Å². The van der Waals surface area contributed by atoms with Crippen molar-refractivity contribution in [2.75, 3.05) is 0 Å². The van der Waals surface area contributed by atoms with Crippen molar-refractivity contribution in [1.82, 2.24) is 39.9 Å². The third kappa shape index (κ3) is 9.69. The van der Waals surface area contributed by atoms with Gasteiger partial charge in [-0.25, -0.2) is 0 Å². The van der Waals surface area contributed by atoms with Crippen LogP contribution in [0.15, 0.2) is 350 Å². The molecule has 0 spiro atoms. The molecule has 0 bridgehead atoms. The minimum Gasteiger partial charge on any atom is -0.456 e. The molecule has 28 aromatic rings. The summed E-state index contributed by atoms with van der Waals surface area (Å²) in [5.41, 5.74) is 11.2. The molecular weight excluding hydrogens is 1460 g/mol. The van der Waals surface area contributed by atoms with Crippen molar-refractivity contribution >= 4 is 280 Å². The summed E-state index contributed by atoms with van der Waals surface area (Å²) in [4.78, 5) is 37.8. The minimum atomic E-state index is 0.880. The van der Waals surface area contributed by atoms with E-state index in [1.807, 2.05) is 53.0 Å². The zero-order chi connectivity index (χ0) is 75.8. The average molecular weight is 1510 g/mol. The van der Waals surface area contributed by atoms with Gasteiger partial charge in [0.25, 0.3) is 0 Å². The molecule has 0 radical (unpaired) electrons. The van der Waals surface area contributed by atoms with Crippen LogP contribution in [0, 0.1) is 0 Å². The molecule has 28 rings (SSSR count). The molecule has 0 saturated carbocycles. The lowest BCUT2D eigenvalue weighted by molar-refractivity contribution is 0.669. The Morgan fingerprint density at radius 2 is 0.405 bits per heavy atom. The Morgan fingerprint density at radius 1 is 0.155 bits per heavy atom. The fourth-order valence-corrected chi connectivity index (χ4v) is 20.9. The molecule has 0 saturated heterocycles. The Hall–Kier alpha value is -15.1. The maximum Gasteiger partial charge on any atom is 0.136 e. The molecule has 0 aliphatic rings. The number of hydrogen-bond acceptors (Lipinski definition) is 12. The van der Waals surface area contributed by atoms with Gasteiger partial charge in [0.05, 0.1) is 44.1 Å². The highest BCUT2D eigenvalue weighted by atomic mass is 32.1. The summed E-state index contributed by atoms with van der Waals surface area (Å²) in [7, 11) is 0. The predicted octanol–water partition coefficient (Wildman–Crippen LogP) is 28.9. The van der Waals surface area contributed by atoms with Gasteiger partial charge in [-0.3, -0.25) is 39.9 Å². The molecule has 10 nitrogen and oxygen atoms in total. The lowest BCUT2D eigenvalue weighted by atomic mass is 9.93. The Labute approximate surface area is 665 Å². The van der Waals surface area contributed by atoms with Crippen molar-refractivity contribution in [1.29, 1.82) is 0 Å². The lowest BCUT2D eigenvalue weighted by Crippen LogP contribution is -1.89. The zero-order valence-electron chi connectivity index (χ0n) is 61.5. The molecule has 116 heavy (non-hydrogen) atoms. The summed E-state index contributed by atoms with van der Waals surface area (Å²) in [5.74, 6) is 0. The first-order chi connectivity index (χ1) is 57.5. The fourth-order valence-electron chi connectivity index (χ4n) is 18.7. The van der Waals surface area contributed by atoms with E-state index in [0.717, 1.165) is 120 Å². The van der Waals surface area contributed by atoms with E-state index in [4.69, 9.17) is 48.7 Å². The van der Waals surface area contributed by atoms with Gasteiger partial charge in [-0.15, -0.1) is 22.7 Å². The third-order valence-corrected chi connectivity index (χ3v) is 26.0. The van der Waals surface area contributed by atoms with Gasteiger partial charge in [0.15, 0.2) is 0 Å². The topological polar surface area (TPSA) is 129 Å². The number of para-hydroxylation sites is 2. The summed E-state index contributed by atoms with van der Waals surface area (Å²) in [6.45, 7) is 0. The number of aromatic nitrogens is 8. The number of nitrogens with zero attached hydrogens (tertiary/aromatic N) is 8. The van der Waals surface area contributed by atoms with E-state index in [1.54, 1.807) is 49.6 Å². The zero-order valence-corrected chi connectivity index (χ0v) is 63.2. The van der Waals surface area contributed by atoms with E-state index in [9.17, 15) is 0 Å². The third-order valence-electron chi connectivity index (χ3n) is 23.7. The Balaban J connectivity index is 0.0000000866. The van der Waals surface area contributed by atoms with Crippen LogP contribution < -0.4 is 0 Å². The van der Waals surface area contributed by atoms with Crippen molar-refractivity contribution < 1.29 is 8.83 Å². The van der Waals surface area contributed by atoms with Gasteiger partial charge in [-0.05, 0) is 159 Å². The normalized spacial score (nSPS) is 12.1. The van der Waals surface area contributed by atoms with E-state index >= 15 is 0 Å². The minimum absolute atomic E-state index is 0.880. The molecule has 536 valence electrons. The summed E-state index contributed by atoms with van der Waals surface area (Å²) in [5, 5.41) is 38.6. The van der Waals surface area contributed by atoms with Crippen LogP contribution in [0.1, 0.15) is 0 Å². The molecule has 8 heterocycles. The quantitative estimate of drug-likeness (QED) is 0.135. The molecule has 0 fully saturated rings. The maximum absolute atomic E-state index is 6.20. The Bertz CT molecular complexity index is 8600.